The second kappa shape index (κ2) is 4.28. The number of hydrogen-bond acceptors (Lipinski definition) is 2. The van der Waals surface area contributed by atoms with E-state index >= 15 is 0 Å². The first-order chi connectivity index (χ1) is 6.74. The summed E-state index contributed by atoms with van der Waals surface area (Å²) in [5, 5.41) is 4.09. The van der Waals surface area contributed by atoms with Gasteiger partial charge >= 0.3 is 0 Å². The smallest absolute Gasteiger partial charge is 0.129 e. The molecule has 3 heteroatoms. The molecule has 1 aliphatic heterocycles. The highest BCUT2D eigenvalue weighted by molar-refractivity contribution is 6.29. The summed E-state index contributed by atoms with van der Waals surface area (Å²) in [5.41, 5.74) is 2.30. The highest BCUT2D eigenvalue weighted by atomic mass is 35.5. The Morgan fingerprint density at radius 3 is 3.07 bits per heavy atom. The van der Waals surface area contributed by atoms with Crippen molar-refractivity contribution in [1.29, 1.82) is 0 Å². The Morgan fingerprint density at radius 2 is 2.43 bits per heavy atom. The van der Waals surface area contributed by atoms with Gasteiger partial charge in [-0.05, 0) is 50.4 Å². The Labute approximate surface area is 89.7 Å². The molecular weight excluding hydrogens is 196 g/mol. The predicted octanol–water partition coefficient (Wildman–Crippen LogP) is 2.34. The standard InChI is InChI=1S/C11H15ClN2/c1-8-5-9(7-11(12)14-8)6-10-3-2-4-13-10/h5,7,10,13H,2-4,6H2,1H3. The molecule has 0 bridgehead atoms. The van der Waals surface area contributed by atoms with E-state index in [-0.39, 0.29) is 0 Å². The molecule has 0 amide bonds. The molecule has 1 aliphatic rings. The van der Waals surface area contributed by atoms with Crippen LogP contribution in [0.4, 0.5) is 0 Å². The lowest BCUT2D eigenvalue weighted by atomic mass is 10.1. The monoisotopic (exact) mass is 210 g/mol. The van der Waals surface area contributed by atoms with Crippen molar-refractivity contribution in [3.05, 3.63) is 28.5 Å². The van der Waals surface area contributed by atoms with Gasteiger partial charge in [0.05, 0.1) is 0 Å². The van der Waals surface area contributed by atoms with Crippen LogP contribution >= 0.6 is 11.6 Å². The number of hydrogen-bond donors (Lipinski definition) is 1. The number of nitrogens with zero attached hydrogens (tertiary/aromatic N) is 1. The van der Waals surface area contributed by atoms with Gasteiger partial charge in [0, 0.05) is 11.7 Å². The van der Waals surface area contributed by atoms with Crippen molar-refractivity contribution in [2.24, 2.45) is 0 Å². The van der Waals surface area contributed by atoms with Crippen molar-refractivity contribution in [3.63, 3.8) is 0 Å². The Morgan fingerprint density at radius 1 is 1.57 bits per heavy atom. The topological polar surface area (TPSA) is 24.9 Å². The average Bonchev–Trinajstić information content (AvgIpc) is 2.54. The summed E-state index contributed by atoms with van der Waals surface area (Å²) in [4.78, 5) is 4.15. The summed E-state index contributed by atoms with van der Waals surface area (Å²) in [6.45, 7) is 3.14. The Bertz CT molecular complexity index is 299. The molecule has 2 nitrogen and oxygen atoms in total. The van der Waals surface area contributed by atoms with Crippen LogP contribution in [0.5, 0.6) is 0 Å². The maximum absolute atomic E-state index is 5.90. The Hall–Kier alpha value is -0.600. The SMILES string of the molecule is Cc1cc(CC2CCCN2)cc(Cl)n1. The van der Waals surface area contributed by atoms with Gasteiger partial charge in [-0.25, -0.2) is 4.98 Å². The maximum Gasteiger partial charge on any atom is 0.129 e. The molecule has 0 spiro atoms. The molecule has 14 heavy (non-hydrogen) atoms. The first-order valence-corrected chi connectivity index (χ1v) is 5.48. The van der Waals surface area contributed by atoms with Gasteiger partial charge in [0.25, 0.3) is 0 Å². The molecule has 2 rings (SSSR count). The number of aryl methyl sites for hydroxylation is 1. The summed E-state index contributed by atoms with van der Waals surface area (Å²) in [6, 6.07) is 4.72. The van der Waals surface area contributed by atoms with Gasteiger partial charge in [-0.1, -0.05) is 11.6 Å². The molecule has 2 heterocycles. The lowest BCUT2D eigenvalue weighted by Gasteiger charge is -2.10. The second-order valence-corrected chi connectivity index (χ2v) is 4.32. The van der Waals surface area contributed by atoms with Crippen LogP contribution in [0, 0.1) is 6.92 Å². The van der Waals surface area contributed by atoms with E-state index in [1.807, 2.05) is 13.0 Å². The number of nitrogens with one attached hydrogen (secondary N) is 1. The largest absolute Gasteiger partial charge is 0.314 e. The molecule has 1 aromatic heterocycles. The highest BCUT2D eigenvalue weighted by Gasteiger charge is 2.14. The minimum atomic E-state index is 0.609. The summed E-state index contributed by atoms with van der Waals surface area (Å²) in [7, 11) is 0. The van der Waals surface area contributed by atoms with Crippen LogP contribution < -0.4 is 5.32 Å². The molecule has 0 aromatic carbocycles. The van der Waals surface area contributed by atoms with Crippen LogP contribution in [-0.4, -0.2) is 17.6 Å². The lowest BCUT2D eigenvalue weighted by molar-refractivity contribution is 0.602. The molecule has 1 aromatic rings. The zero-order chi connectivity index (χ0) is 9.97. The number of halogens is 1. The third kappa shape index (κ3) is 2.46. The van der Waals surface area contributed by atoms with E-state index in [2.05, 4.69) is 16.4 Å². The summed E-state index contributed by atoms with van der Waals surface area (Å²) in [6.07, 6.45) is 3.64. The van der Waals surface area contributed by atoms with Crippen molar-refractivity contribution in [3.8, 4) is 0 Å². The van der Waals surface area contributed by atoms with Crippen LogP contribution in [0.25, 0.3) is 0 Å². The summed E-state index contributed by atoms with van der Waals surface area (Å²) in [5.74, 6) is 0. The second-order valence-electron chi connectivity index (χ2n) is 3.94. The van der Waals surface area contributed by atoms with Crippen LogP contribution in [0.2, 0.25) is 5.15 Å². The number of rotatable bonds is 2. The van der Waals surface area contributed by atoms with Gasteiger partial charge < -0.3 is 5.32 Å². The van der Waals surface area contributed by atoms with E-state index < -0.39 is 0 Å². The predicted molar refractivity (Wildman–Crippen MR) is 58.7 cm³/mol. The van der Waals surface area contributed by atoms with Gasteiger partial charge in [0.2, 0.25) is 0 Å². The van der Waals surface area contributed by atoms with Crippen LogP contribution in [0.3, 0.4) is 0 Å². The summed E-state index contributed by atoms with van der Waals surface area (Å²) >= 11 is 5.90. The van der Waals surface area contributed by atoms with Crippen LogP contribution in [-0.2, 0) is 6.42 Å². The fourth-order valence-electron chi connectivity index (χ4n) is 2.03. The van der Waals surface area contributed by atoms with Gasteiger partial charge in [0.1, 0.15) is 5.15 Å². The third-order valence-corrected chi connectivity index (χ3v) is 2.82. The molecule has 1 atom stereocenters. The van der Waals surface area contributed by atoms with E-state index in [9.17, 15) is 0 Å². The molecule has 0 aliphatic carbocycles. The third-order valence-electron chi connectivity index (χ3n) is 2.63. The quantitative estimate of drug-likeness (QED) is 0.758. The summed E-state index contributed by atoms with van der Waals surface area (Å²) < 4.78 is 0. The van der Waals surface area contributed by atoms with Crippen molar-refractivity contribution < 1.29 is 0 Å². The minimum Gasteiger partial charge on any atom is -0.314 e. The molecule has 1 N–H and O–H groups in total. The number of aromatic nitrogens is 1. The van der Waals surface area contributed by atoms with E-state index in [0.717, 1.165) is 18.7 Å². The molecule has 1 saturated heterocycles. The van der Waals surface area contributed by atoms with Crippen molar-refractivity contribution >= 4 is 11.6 Å². The average molecular weight is 211 g/mol. The molecule has 0 radical (unpaired) electrons. The highest BCUT2D eigenvalue weighted by Crippen LogP contribution is 2.15. The fourth-order valence-corrected chi connectivity index (χ4v) is 2.30. The van der Waals surface area contributed by atoms with Crippen molar-refractivity contribution in [1.82, 2.24) is 10.3 Å². The Balaban J connectivity index is 2.07. The molecule has 1 fully saturated rings. The first kappa shape index (κ1) is 9.94. The van der Waals surface area contributed by atoms with Gasteiger partial charge in [-0.3, -0.25) is 0 Å². The maximum atomic E-state index is 5.90. The van der Waals surface area contributed by atoms with Gasteiger partial charge in [-0.15, -0.1) is 0 Å². The molecule has 1 unspecified atom stereocenters. The van der Waals surface area contributed by atoms with Crippen molar-refractivity contribution in [2.45, 2.75) is 32.2 Å². The number of pyridine rings is 1. The minimum absolute atomic E-state index is 0.609. The zero-order valence-corrected chi connectivity index (χ0v) is 9.14. The molecular formula is C11H15ClN2. The van der Waals surface area contributed by atoms with Gasteiger partial charge in [-0.2, -0.15) is 0 Å². The van der Waals surface area contributed by atoms with Crippen molar-refractivity contribution in [2.75, 3.05) is 6.54 Å². The van der Waals surface area contributed by atoms with E-state index in [4.69, 9.17) is 11.6 Å². The van der Waals surface area contributed by atoms with Gasteiger partial charge in [0.15, 0.2) is 0 Å². The van der Waals surface area contributed by atoms with Crippen LogP contribution in [0.1, 0.15) is 24.1 Å². The molecule has 76 valence electrons. The van der Waals surface area contributed by atoms with E-state index in [1.54, 1.807) is 0 Å². The van der Waals surface area contributed by atoms with E-state index in [1.165, 1.54) is 18.4 Å². The first-order valence-electron chi connectivity index (χ1n) is 5.10. The van der Waals surface area contributed by atoms with E-state index in [0.29, 0.717) is 11.2 Å². The normalized spacial score (nSPS) is 21.4. The fraction of sp³-hybridized carbons (Fsp3) is 0.545. The Kier molecular flexibility index (Phi) is 3.04. The molecule has 0 saturated carbocycles. The zero-order valence-electron chi connectivity index (χ0n) is 8.39. The lowest BCUT2D eigenvalue weighted by Crippen LogP contribution is -2.23. The van der Waals surface area contributed by atoms with Crippen LogP contribution in [0.15, 0.2) is 12.1 Å².